The van der Waals surface area contributed by atoms with E-state index in [2.05, 4.69) is 127 Å². The molecule has 234 valence electrons. The Hall–Kier alpha value is -5.14. The summed E-state index contributed by atoms with van der Waals surface area (Å²) in [6.07, 6.45) is 7.15. The van der Waals surface area contributed by atoms with Gasteiger partial charge in [-0.3, -0.25) is 0 Å². The van der Waals surface area contributed by atoms with Gasteiger partial charge in [-0.2, -0.15) is 0 Å². The molecule has 0 atom stereocenters. The molecule has 1 nitrogen and oxygen atoms in total. The number of furan rings is 1. The molecule has 4 saturated carbocycles. The summed E-state index contributed by atoms with van der Waals surface area (Å²) in [7, 11) is 0. The molecule has 0 saturated heterocycles. The first kappa shape index (κ1) is 26.8. The van der Waals surface area contributed by atoms with E-state index in [1.807, 2.05) is 6.07 Å². The van der Waals surface area contributed by atoms with E-state index in [-0.39, 0.29) is 5.41 Å². The molecule has 1 aromatic heterocycles. The van der Waals surface area contributed by atoms with Crippen molar-refractivity contribution in [3.8, 4) is 33.4 Å². The number of rotatable bonds is 2. The molecule has 1 heterocycles. The second-order valence-electron chi connectivity index (χ2n) is 15.6. The van der Waals surface area contributed by atoms with E-state index < -0.39 is 0 Å². The Morgan fingerprint density at radius 2 is 0.918 bits per heavy atom. The monoisotopic (exact) mass is 628 g/mol. The molecule has 0 aliphatic heterocycles. The summed E-state index contributed by atoms with van der Waals surface area (Å²) in [5, 5.41) is 7.51. The number of para-hydroxylation sites is 1. The molecule has 0 radical (unpaired) electrons. The van der Waals surface area contributed by atoms with E-state index in [0.29, 0.717) is 0 Å². The molecule has 4 bridgehead atoms. The summed E-state index contributed by atoms with van der Waals surface area (Å²) >= 11 is 0. The largest absolute Gasteiger partial charge is 0.456 e. The van der Waals surface area contributed by atoms with Crippen LogP contribution in [0.5, 0.6) is 0 Å². The van der Waals surface area contributed by atoms with Crippen molar-refractivity contribution in [3.63, 3.8) is 0 Å². The van der Waals surface area contributed by atoms with E-state index in [0.717, 1.165) is 34.8 Å². The van der Waals surface area contributed by atoms with Gasteiger partial charge in [0.1, 0.15) is 11.2 Å². The number of benzene rings is 7. The van der Waals surface area contributed by atoms with Crippen LogP contribution in [0.15, 0.2) is 138 Å². The molecule has 0 amide bonds. The average molecular weight is 629 g/mol. The number of fused-ring (bicyclic) bond motifs is 8. The van der Waals surface area contributed by atoms with Crippen LogP contribution in [0.1, 0.15) is 43.2 Å². The van der Waals surface area contributed by atoms with E-state index in [4.69, 9.17) is 4.42 Å². The summed E-state index contributed by atoms with van der Waals surface area (Å²) in [5.41, 5.74) is 13.4. The minimum atomic E-state index is 0.196. The van der Waals surface area contributed by atoms with Crippen molar-refractivity contribution in [2.24, 2.45) is 23.7 Å². The Kier molecular flexibility index (Phi) is 5.20. The second kappa shape index (κ2) is 9.51. The molecular formula is C48H36O. The maximum absolute atomic E-state index is 6.39. The van der Waals surface area contributed by atoms with Gasteiger partial charge in [-0.15, -0.1) is 0 Å². The minimum absolute atomic E-state index is 0.196. The van der Waals surface area contributed by atoms with Gasteiger partial charge in [0.2, 0.25) is 0 Å². The highest BCUT2D eigenvalue weighted by Crippen LogP contribution is 2.69. The molecule has 7 aromatic carbocycles. The zero-order valence-corrected chi connectivity index (χ0v) is 27.5. The van der Waals surface area contributed by atoms with Crippen molar-refractivity contribution in [2.75, 3.05) is 0 Å². The lowest BCUT2D eigenvalue weighted by molar-refractivity contribution is -0.0399. The lowest BCUT2D eigenvalue weighted by Crippen LogP contribution is -2.55. The Balaban J connectivity index is 1.10. The second-order valence-corrected chi connectivity index (χ2v) is 15.6. The highest BCUT2D eigenvalue weighted by molar-refractivity contribution is 6.22. The van der Waals surface area contributed by atoms with Crippen LogP contribution < -0.4 is 0 Å². The molecule has 13 rings (SSSR count). The van der Waals surface area contributed by atoms with E-state index >= 15 is 0 Å². The summed E-state index contributed by atoms with van der Waals surface area (Å²) in [5.74, 6) is 3.46. The SMILES string of the molecule is c1ccc2c(c1)-c1cc(-c3c4ccccc4c(-c4ccc5c(c4)oc4ccccc45)c4ccccc34)ccc1C21C2CC3CC(C2)CC1C3. The Bertz CT molecular complexity index is 2600. The van der Waals surface area contributed by atoms with Gasteiger partial charge in [0.15, 0.2) is 0 Å². The fourth-order valence-electron chi connectivity index (χ4n) is 11.9. The van der Waals surface area contributed by atoms with Crippen LogP contribution >= 0.6 is 0 Å². The van der Waals surface area contributed by atoms with Gasteiger partial charge < -0.3 is 4.42 Å². The zero-order valence-electron chi connectivity index (χ0n) is 27.5. The number of hydrogen-bond donors (Lipinski definition) is 0. The quantitative estimate of drug-likeness (QED) is 0.174. The van der Waals surface area contributed by atoms with Crippen LogP contribution in [0.4, 0.5) is 0 Å². The molecule has 1 spiro atoms. The van der Waals surface area contributed by atoms with Crippen LogP contribution in [0.3, 0.4) is 0 Å². The van der Waals surface area contributed by atoms with Crippen molar-refractivity contribution in [2.45, 2.75) is 37.5 Å². The summed E-state index contributed by atoms with van der Waals surface area (Å²) < 4.78 is 6.39. The first-order valence-electron chi connectivity index (χ1n) is 18.4. The molecule has 49 heavy (non-hydrogen) atoms. The predicted molar refractivity (Wildman–Crippen MR) is 203 cm³/mol. The topological polar surface area (TPSA) is 13.1 Å². The smallest absolute Gasteiger partial charge is 0.136 e. The fourth-order valence-corrected chi connectivity index (χ4v) is 11.9. The minimum Gasteiger partial charge on any atom is -0.456 e. The van der Waals surface area contributed by atoms with Gasteiger partial charge in [-0.1, -0.05) is 109 Å². The van der Waals surface area contributed by atoms with Crippen molar-refractivity contribution in [1.29, 1.82) is 0 Å². The predicted octanol–water partition coefficient (Wildman–Crippen LogP) is 12.9. The molecule has 0 unspecified atom stereocenters. The van der Waals surface area contributed by atoms with Crippen molar-refractivity contribution in [1.82, 2.24) is 0 Å². The van der Waals surface area contributed by atoms with Gasteiger partial charge in [0, 0.05) is 16.2 Å². The average Bonchev–Trinajstić information content (AvgIpc) is 3.65. The van der Waals surface area contributed by atoms with Crippen molar-refractivity contribution in [3.05, 3.63) is 145 Å². The first-order chi connectivity index (χ1) is 24.3. The molecule has 5 aliphatic carbocycles. The Morgan fingerprint density at radius 1 is 0.408 bits per heavy atom. The molecule has 8 aromatic rings. The highest BCUT2D eigenvalue weighted by atomic mass is 16.3. The van der Waals surface area contributed by atoms with Gasteiger partial charge in [-0.05, 0) is 146 Å². The number of hydrogen-bond acceptors (Lipinski definition) is 1. The molecular weight excluding hydrogens is 593 g/mol. The van der Waals surface area contributed by atoms with Crippen LogP contribution in [0, 0.1) is 23.7 Å². The standard InChI is InChI=1S/C48H36O/c1-3-13-39-37(11-1)46(38-12-2-4-14-40(38)47(39)31-17-19-36-35-10-6-8-16-44(35)49-45(36)27-31)30-18-20-43-41(26-30)34-9-5-7-15-42(34)48(43)32-22-28-21-29(24-32)25-33(48)23-28/h1-20,26-29,32-33H,21-25H2. The lowest BCUT2D eigenvalue weighted by Gasteiger charge is -2.61. The van der Waals surface area contributed by atoms with Crippen LogP contribution in [-0.2, 0) is 5.41 Å². The van der Waals surface area contributed by atoms with Gasteiger partial charge in [0.05, 0.1) is 0 Å². The summed E-state index contributed by atoms with van der Waals surface area (Å²) in [6, 6.07) is 50.3. The highest BCUT2D eigenvalue weighted by Gasteiger charge is 2.61. The third-order valence-electron chi connectivity index (χ3n) is 13.4. The van der Waals surface area contributed by atoms with Crippen molar-refractivity contribution < 1.29 is 4.42 Å². The van der Waals surface area contributed by atoms with Gasteiger partial charge in [0.25, 0.3) is 0 Å². The Morgan fingerprint density at radius 3 is 1.59 bits per heavy atom. The van der Waals surface area contributed by atoms with Gasteiger partial charge >= 0.3 is 0 Å². The van der Waals surface area contributed by atoms with E-state index in [9.17, 15) is 0 Å². The lowest BCUT2D eigenvalue weighted by atomic mass is 9.43. The van der Waals surface area contributed by atoms with E-state index in [1.54, 1.807) is 11.1 Å². The van der Waals surface area contributed by atoms with Gasteiger partial charge in [-0.25, -0.2) is 0 Å². The third-order valence-corrected chi connectivity index (χ3v) is 13.4. The third kappa shape index (κ3) is 3.41. The Labute approximate surface area is 286 Å². The normalized spacial score (nSPS) is 24.8. The molecule has 0 N–H and O–H groups in total. The summed E-state index contributed by atoms with van der Waals surface area (Å²) in [6.45, 7) is 0. The van der Waals surface area contributed by atoms with Crippen LogP contribution in [-0.4, -0.2) is 0 Å². The zero-order chi connectivity index (χ0) is 31.8. The molecule has 4 fully saturated rings. The molecule has 1 heteroatoms. The van der Waals surface area contributed by atoms with Crippen LogP contribution in [0.2, 0.25) is 0 Å². The molecule has 5 aliphatic rings. The van der Waals surface area contributed by atoms with Crippen molar-refractivity contribution >= 4 is 43.5 Å². The maximum atomic E-state index is 6.39. The fraction of sp³-hybridized carbons (Fsp3) is 0.208. The first-order valence-corrected chi connectivity index (χ1v) is 18.4. The summed E-state index contributed by atoms with van der Waals surface area (Å²) in [4.78, 5) is 0. The maximum Gasteiger partial charge on any atom is 0.136 e. The van der Waals surface area contributed by atoms with Crippen LogP contribution in [0.25, 0.3) is 76.9 Å². The van der Waals surface area contributed by atoms with E-state index in [1.165, 1.54) is 97.8 Å².